The van der Waals surface area contributed by atoms with Crippen LogP contribution in [0.1, 0.15) is 27.6 Å². The summed E-state index contributed by atoms with van der Waals surface area (Å²) in [5, 5.41) is 5.33. The molecule has 114 valence electrons. The van der Waals surface area contributed by atoms with Gasteiger partial charge in [-0.2, -0.15) is 0 Å². The fourth-order valence-corrected chi connectivity index (χ4v) is 2.30. The summed E-state index contributed by atoms with van der Waals surface area (Å²) >= 11 is 3.21. The van der Waals surface area contributed by atoms with Crippen LogP contribution in [0.4, 0.5) is 10.1 Å². The normalized spacial score (nSPS) is 10.1. The predicted molar refractivity (Wildman–Crippen MR) is 86.5 cm³/mol. The molecule has 22 heavy (non-hydrogen) atoms. The van der Waals surface area contributed by atoms with Crippen molar-refractivity contribution >= 4 is 33.4 Å². The fraction of sp³-hybridized carbons (Fsp3) is 0.125. The lowest BCUT2D eigenvalue weighted by atomic mass is 10.1. The fourth-order valence-electron chi connectivity index (χ4n) is 1.87. The maximum absolute atomic E-state index is 13.2. The Morgan fingerprint density at radius 3 is 2.64 bits per heavy atom. The third-order valence-corrected chi connectivity index (χ3v) is 3.58. The highest BCUT2D eigenvalue weighted by molar-refractivity contribution is 9.10. The highest BCUT2D eigenvalue weighted by atomic mass is 79.9. The van der Waals surface area contributed by atoms with Crippen LogP contribution in [0, 0.1) is 5.82 Å². The Hall–Kier alpha value is -2.21. The van der Waals surface area contributed by atoms with Gasteiger partial charge in [0.1, 0.15) is 5.82 Å². The molecule has 2 aromatic carbocycles. The highest BCUT2D eigenvalue weighted by Crippen LogP contribution is 2.20. The number of hydrogen-bond acceptors (Lipinski definition) is 2. The van der Waals surface area contributed by atoms with Crippen molar-refractivity contribution in [1.29, 1.82) is 0 Å². The molecule has 0 bridgehead atoms. The van der Waals surface area contributed by atoms with Gasteiger partial charge in [-0.3, -0.25) is 9.59 Å². The molecule has 0 aromatic heterocycles. The molecule has 0 heterocycles. The highest BCUT2D eigenvalue weighted by Gasteiger charge is 2.12. The lowest BCUT2D eigenvalue weighted by Gasteiger charge is -2.09. The van der Waals surface area contributed by atoms with E-state index in [2.05, 4.69) is 26.6 Å². The molecule has 0 fully saturated rings. The van der Waals surface area contributed by atoms with Crippen molar-refractivity contribution in [3.05, 3.63) is 63.9 Å². The first-order valence-corrected chi connectivity index (χ1v) is 7.45. The van der Waals surface area contributed by atoms with Gasteiger partial charge < -0.3 is 10.6 Å². The van der Waals surface area contributed by atoms with Crippen LogP contribution in [0.25, 0.3) is 0 Å². The van der Waals surface area contributed by atoms with Crippen molar-refractivity contribution in [3.63, 3.8) is 0 Å². The number of benzene rings is 2. The average molecular weight is 365 g/mol. The molecule has 0 aliphatic carbocycles. The van der Waals surface area contributed by atoms with Crippen molar-refractivity contribution in [3.8, 4) is 0 Å². The van der Waals surface area contributed by atoms with E-state index < -0.39 is 11.7 Å². The Morgan fingerprint density at radius 2 is 1.91 bits per heavy atom. The Labute approximate surface area is 135 Å². The van der Waals surface area contributed by atoms with Gasteiger partial charge in [0, 0.05) is 22.3 Å². The van der Waals surface area contributed by atoms with E-state index in [4.69, 9.17) is 0 Å². The van der Waals surface area contributed by atoms with E-state index in [1.165, 1.54) is 12.1 Å². The van der Waals surface area contributed by atoms with E-state index in [-0.39, 0.29) is 11.5 Å². The topological polar surface area (TPSA) is 58.2 Å². The number of halogens is 2. The molecule has 6 heteroatoms. The monoisotopic (exact) mass is 364 g/mol. The molecule has 0 radical (unpaired) electrons. The Bertz CT molecular complexity index is 719. The molecule has 0 saturated heterocycles. The quantitative estimate of drug-likeness (QED) is 0.870. The van der Waals surface area contributed by atoms with Crippen LogP contribution in [0.3, 0.4) is 0 Å². The predicted octanol–water partition coefficient (Wildman–Crippen LogP) is 3.59. The molecule has 2 rings (SSSR count). The van der Waals surface area contributed by atoms with Gasteiger partial charge in [0.25, 0.3) is 11.8 Å². The van der Waals surface area contributed by atoms with Crippen LogP contribution < -0.4 is 10.6 Å². The van der Waals surface area contributed by atoms with E-state index in [1.807, 2.05) is 6.92 Å². The smallest absolute Gasteiger partial charge is 0.256 e. The van der Waals surface area contributed by atoms with E-state index >= 15 is 0 Å². The minimum atomic E-state index is -0.496. The molecule has 0 aliphatic heterocycles. The SMILES string of the molecule is CCNC(=O)c1cccc(NC(=O)c2cc(F)ccc2Br)c1. The number of nitrogens with one attached hydrogen (secondary N) is 2. The summed E-state index contributed by atoms with van der Waals surface area (Å²) in [7, 11) is 0. The summed E-state index contributed by atoms with van der Waals surface area (Å²) in [5.41, 5.74) is 1.09. The Balaban J connectivity index is 2.20. The minimum absolute atomic E-state index is 0.184. The molecule has 0 aliphatic rings. The molecule has 0 atom stereocenters. The maximum Gasteiger partial charge on any atom is 0.256 e. The van der Waals surface area contributed by atoms with Crippen molar-refractivity contribution in [2.24, 2.45) is 0 Å². The molecule has 4 nitrogen and oxygen atoms in total. The minimum Gasteiger partial charge on any atom is -0.352 e. The largest absolute Gasteiger partial charge is 0.352 e. The second-order valence-corrected chi connectivity index (χ2v) is 5.37. The van der Waals surface area contributed by atoms with Crippen LogP contribution in [0.5, 0.6) is 0 Å². The Kier molecular flexibility index (Phi) is 5.27. The lowest BCUT2D eigenvalue weighted by Crippen LogP contribution is -2.22. The van der Waals surface area contributed by atoms with Crippen LogP contribution >= 0.6 is 15.9 Å². The first-order valence-electron chi connectivity index (χ1n) is 6.66. The number of rotatable bonds is 4. The molecule has 2 amide bonds. The number of hydrogen-bond donors (Lipinski definition) is 2. The van der Waals surface area contributed by atoms with E-state index in [0.29, 0.717) is 22.3 Å². The average Bonchev–Trinajstić information content (AvgIpc) is 2.50. The molecule has 2 N–H and O–H groups in total. The van der Waals surface area contributed by atoms with Gasteiger partial charge in [-0.1, -0.05) is 6.07 Å². The van der Waals surface area contributed by atoms with Crippen molar-refractivity contribution < 1.29 is 14.0 Å². The lowest BCUT2D eigenvalue weighted by molar-refractivity contribution is 0.0954. The Morgan fingerprint density at radius 1 is 1.14 bits per heavy atom. The summed E-state index contributed by atoms with van der Waals surface area (Å²) in [6, 6.07) is 10.4. The van der Waals surface area contributed by atoms with E-state index in [0.717, 1.165) is 6.07 Å². The van der Waals surface area contributed by atoms with E-state index in [1.54, 1.807) is 24.3 Å². The van der Waals surface area contributed by atoms with Crippen LogP contribution in [0.15, 0.2) is 46.9 Å². The summed E-state index contributed by atoms with van der Waals surface area (Å²) < 4.78 is 13.7. The third-order valence-electron chi connectivity index (χ3n) is 2.89. The number of carbonyl (C=O) groups excluding carboxylic acids is 2. The van der Waals surface area contributed by atoms with Gasteiger partial charge in [-0.15, -0.1) is 0 Å². The maximum atomic E-state index is 13.2. The van der Waals surface area contributed by atoms with Gasteiger partial charge in [0.2, 0.25) is 0 Å². The number of anilines is 1. The standard InChI is InChI=1S/C16H14BrFN2O2/c1-2-19-15(21)10-4-3-5-12(8-10)20-16(22)13-9-11(18)6-7-14(13)17/h3-9H,2H2,1H3,(H,19,21)(H,20,22). The van der Waals surface area contributed by atoms with Crippen LogP contribution in [-0.2, 0) is 0 Å². The first-order chi connectivity index (χ1) is 10.5. The molecule has 0 unspecified atom stereocenters. The number of amides is 2. The zero-order valence-corrected chi connectivity index (χ0v) is 13.4. The van der Waals surface area contributed by atoms with E-state index in [9.17, 15) is 14.0 Å². The molecular formula is C16H14BrFN2O2. The second kappa shape index (κ2) is 7.17. The molecule has 2 aromatic rings. The zero-order valence-electron chi connectivity index (χ0n) is 11.8. The summed E-state index contributed by atoms with van der Waals surface area (Å²) in [5.74, 6) is -1.17. The van der Waals surface area contributed by atoms with Gasteiger partial charge >= 0.3 is 0 Å². The van der Waals surface area contributed by atoms with Gasteiger partial charge in [-0.25, -0.2) is 4.39 Å². The zero-order chi connectivity index (χ0) is 16.1. The van der Waals surface area contributed by atoms with Crippen LogP contribution in [-0.4, -0.2) is 18.4 Å². The van der Waals surface area contributed by atoms with Gasteiger partial charge in [-0.05, 0) is 59.3 Å². The van der Waals surface area contributed by atoms with Crippen molar-refractivity contribution in [1.82, 2.24) is 5.32 Å². The number of carbonyl (C=O) groups is 2. The summed E-state index contributed by atoms with van der Waals surface area (Å²) in [6.45, 7) is 2.34. The summed E-state index contributed by atoms with van der Waals surface area (Å²) in [6.07, 6.45) is 0. The molecular weight excluding hydrogens is 351 g/mol. The molecule has 0 saturated carbocycles. The second-order valence-electron chi connectivity index (χ2n) is 4.52. The third kappa shape index (κ3) is 3.92. The van der Waals surface area contributed by atoms with Gasteiger partial charge in [0.15, 0.2) is 0 Å². The van der Waals surface area contributed by atoms with Gasteiger partial charge in [0.05, 0.1) is 5.56 Å². The van der Waals surface area contributed by atoms with Crippen molar-refractivity contribution in [2.75, 3.05) is 11.9 Å². The van der Waals surface area contributed by atoms with Crippen molar-refractivity contribution in [2.45, 2.75) is 6.92 Å². The summed E-state index contributed by atoms with van der Waals surface area (Å²) in [4.78, 5) is 24.0. The molecule has 0 spiro atoms. The first kappa shape index (κ1) is 16.2. The van der Waals surface area contributed by atoms with Crippen LogP contribution in [0.2, 0.25) is 0 Å².